The Bertz CT molecular complexity index is 1240. The van der Waals surface area contributed by atoms with Gasteiger partial charge in [0.1, 0.15) is 11.6 Å². The number of benzene rings is 2. The van der Waals surface area contributed by atoms with Crippen molar-refractivity contribution in [1.82, 2.24) is 25.1 Å². The summed E-state index contributed by atoms with van der Waals surface area (Å²) in [5.41, 5.74) is 5.02. The molecule has 0 aliphatic carbocycles. The van der Waals surface area contributed by atoms with Crippen molar-refractivity contribution < 1.29 is 9.18 Å². The molecule has 3 heterocycles. The summed E-state index contributed by atoms with van der Waals surface area (Å²) < 4.78 is 15.2. The largest absolute Gasteiger partial charge is 0.354 e. The van der Waals surface area contributed by atoms with Crippen LogP contribution in [-0.4, -0.2) is 25.7 Å². The van der Waals surface area contributed by atoms with E-state index in [1.807, 2.05) is 23.6 Å². The minimum absolute atomic E-state index is 0.200. The smallest absolute Gasteiger partial charge is 0.289 e. The van der Waals surface area contributed by atoms with Gasteiger partial charge in [-0.05, 0) is 72.9 Å². The standard InChI is InChI=1S/C23H22FN5O/c1-14-18-12-15(5-10-19(18)26-21(14)16-6-8-17(24)9-7-16)13-25-23(30)22-28-27-20-4-2-3-11-29(20)22/h5-10,12,26H,2-4,11,13H2,1H3,(H,25,30). The molecule has 2 aromatic carbocycles. The molecule has 1 amide bonds. The van der Waals surface area contributed by atoms with E-state index in [0.717, 1.165) is 64.9 Å². The average molecular weight is 403 g/mol. The zero-order valence-electron chi connectivity index (χ0n) is 16.7. The van der Waals surface area contributed by atoms with Crippen LogP contribution in [0.4, 0.5) is 4.39 Å². The van der Waals surface area contributed by atoms with Crippen LogP contribution in [0.3, 0.4) is 0 Å². The number of aromatic nitrogens is 4. The van der Waals surface area contributed by atoms with Crippen molar-refractivity contribution in [1.29, 1.82) is 0 Å². The molecule has 0 saturated heterocycles. The van der Waals surface area contributed by atoms with Gasteiger partial charge in [-0.3, -0.25) is 4.79 Å². The van der Waals surface area contributed by atoms with E-state index >= 15 is 0 Å². The van der Waals surface area contributed by atoms with Gasteiger partial charge in [0.25, 0.3) is 5.91 Å². The highest BCUT2D eigenvalue weighted by molar-refractivity contribution is 5.92. The monoisotopic (exact) mass is 403 g/mol. The minimum Gasteiger partial charge on any atom is -0.354 e. The maximum atomic E-state index is 13.3. The molecule has 1 aliphatic heterocycles. The van der Waals surface area contributed by atoms with Crippen molar-refractivity contribution in [2.75, 3.05) is 0 Å². The summed E-state index contributed by atoms with van der Waals surface area (Å²) in [4.78, 5) is 16.0. The number of nitrogens with zero attached hydrogens (tertiary/aromatic N) is 3. The van der Waals surface area contributed by atoms with Crippen LogP contribution in [0.1, 0.15) is 40.4 Å². The first-order valence-corrected chi connectivity index (χ1v) is 10.2. The Morgan fingerprint density at radius 2 is 2.00 bits per heavy atom. The van der Waals surface area contributed by atoms with Crippen LogP contribution in [0.25, 0.3) is 22.2 Å². The summed E-state index contributed by atoms with van der Waals surface area (Å²) in [6, 6.07) is 12.5. The van der Waals surface area contributed by atoms with Crippen LogP contribution in [0.2, 0.25) is 0 Å². The average Bonchev–Trinajstić information content (AvgIpc) is 3.34. The number of nitrogens with one attached hydrogen (secondary N) is 2. The number of hydrogen-bond acceptors (Lipinski definition) is 3. The van der Waals surface area contributed by atoms with Crippen molar-refractivity contribution in [2.45, 2.75) is 39.3 Å². The molecule has 0 fully saturated rings. The highest BCUT2D eigenvalue weighted by atomic mass is 19.1. The fourth-order valence-electron chi connectivity index (χ4n) is 4.13. The van der Waals surface area contributed by atoms with Gasteiger partial charge in [-0.25, -0.2) is 4.39 Å². The Balaban J connectivity index is 1.36. The molecule has 0 bridgehead atoms. The molecule has 5 rings (SSSR count). The summed E-state index contributed by atoms with van der Waals surface area (Å²) >= 11 is 0. The van der Waals surface area contributed by atoms with Gasteiger partial charge in [0.2, 0.25) is 5.82 Å². The van der Waals surface area contributed by atoms with Gasteiger partial charge in [0.05, 0.1) is 0 Å². The van der Waals surface area contributed by atoms with Gasteiger partial charge in [0, 0.05) is 36.1 Å². The number of carbonyl (C=O) groups excluding carboxylic acids is 1. The predicted molar refractivity (Wildman–Crippen MR) is 113 cm³/mol. The fraction of sp³-hybridized carbons (Fsp3) is 0.261. The molecule has 0 atom stereocenters. The van der Waals surface area contributed by atoms with Gasteiger partial charge in [0.15, 0.2) is 0 Å². The minimum atomic E-state index is -0.250. The summed E-state index contributed by atoms with van der Waals surface area (Å²) in [6.45, 7) is 3.25. The number of carbonyl (C=O) groups is 1. The predicted octanol–water partition coefficient (Wildman–Crippen LogP) is 4.14. The van der Waals surface area contributed by atoms with E-state index in [2.05, 4.69) is 26.6 Å². The first kappa shape index (κ1) is 18.5. The molecular weight excluding hydrogens is 381 g/mol. The molecule has 30 heavy (non-hydrogen) atoms. The van der Waals surface area contributed by atoms with E-state index in [0.29, 0.717) is 12.4 Å². The summed E-state index contributed by atoms with van der Waals surface area (Å²) in [7, 11) is 0. The van der Waals surface area contributed by atoms with E-state index in [-0.39, 0.29) is 11.7 Å². The van der Waals surface area contributed by atoms with Gasteiger partial charge in [-0.15, -0.1) is 10.2 Å². The lowest BCUT2D eigenvalue weighted by Crippen LogP contribution is -2.27. The summed E-state index contributed by atoms with van der Waals surface area (Å²) in [6.07, 6.45) is 3.01. The van der Waals surface area contributed by atoms with E-state index in [4.69, 9.17) is 0 Å². The molecule has 7 heteroatoms. The van der Waals surface area contributed by atoms with Gasteiger partial charge >= 0.3 is 0 Å². The lowest BCUT2D eigenvalue weighted by molar-refractivity contribution is 0.0934. The molecule has 0 spiro atoms. The normalized spacial score (nSPS) is 13.4. The molecule has 1 aliphatic rings. The van der Waals surface area contributed by atoms with E-state index in [9.17, 15) is 9.18 Å². The van der Waals surface area contributed by atoms with Gasteiger partial charge in [-0.1, -0.05) is 6.07 Å². The number of halogens is 1. The van der Waals surface area contributed by atoms with Crippen molar-refractivity contribution in [3.05, 3.63) is 71.1 Å². The third kappa shape index (κ3) is 3.26. The number of hydrogen-bond donors (Lipinski definition) is 2. The number of aromatic amines is 1. The molecular formula is C23H22FN5O. The SMILES string of the molecule is Cc1c(-c2ccc(F)cc2)[nH]c2ccc(CNC(=O)c3nnc4n3CCCC4)cc12. The molecule has 0 radical (unpaired) electrons. The van der Waals surface area contributed by atoms with Crippen molar-refractivity contribution in [3.63, 3.8) is 0 Å². The van der Waals surface area contributed by atoms with E-state index in [1.165, 1.54) is 12.1 Å². The van der Waals surface area contributed by atoms with Crippen molar-refractivity contribution in [3.8, 4) is 11.3 Å². The van der Waals surface area contributed by atoms with Crippen LogP contribution in [0.5, 0.6) is 0 Å². The Hall–Kier alpha value is -3.48. The first-order valence-electron chi connectivity index (χ1n) is 10.2. The third-order valence-electron chi connectivity index (χ3n) is 5.77. The van der Waals surface area contributed by atoms with Crippen LogP contribution in [0.15, 0.2) is 42.5 Å². The highest BCUT2D eigenvalue weighted by Crippen LogP contribution is 2.30. The second kappa shape index (κ2) is 7.40. The van der Waals surface area contributed by atoms with Crippen LogP contribution in [0, 0.1) is 12.7 Å². The molecule has 6 nitrogen and oxygen atoms in total. The second-order valence-electron chi connectivity index (χ2n) is 7.74. The maximum absolute atomic E-state index is 13.3. The molecule has 152 valence electrons. The zero-order chi connectivity index (χ0) is 20.7. The lowest BCUT2D eigenvalue weighted by atomic mass is 10.1. The van der Waals surface area contributed by atoms with E-state index < -0.39 is 0 Å². The Morgan fingerprint density at radius 1 is 1.17 bits per heavy atom. The van der Waals surface area contributed by atoms with Gasteiger partial charge < -0.3 is 14.9 Å². The number of fused-ring (bicyclic) bond motifs is 2. The molecule has 2 N–H and O–H groups in total. The Morgan fingerprint density at radius 3 is 2.83 bits per heavy atom. The van der Waals surface area contributed by atoms with Crippen LogP contribution < -0.4 is 5.32 Å². The molecule has 0 saturated carbocycles. The lowest BCUT2D eigenvalue weighted by Gasteiger charge is -2.14. The van der Waals surface area contributed by atoms with Crippen LogP contribution in [-0.2, 0) is 19.5 Å². The number of aryl methyl sites for hydroxylation is 2. The molecule has 2 aromatic heterocycles. The number of H-pyrrole nitrogens is 1. The van der Waals surface area contributed by atoms with Crippen molar-refractivity contribution in [2.24, 2.45) is 0 Å². The highest BCUT2D eigenvalue weighted by Gasteiger charge is 2.20. The topological polar surface area (TPSA) is 75.6 Å². The fourth-order valence-corrected chi connectivity index (χ4v) is 4.13. The number of amides is 1. The maximum Gasteiger partial charge on any atom is 0.289 e. The summed E-state index contributed by atoms with van der Waals surface area (Å²) in [5, 5.41) is 12.3. The quantitative estimate of drug-likeness (QED) is 0.538. The Kier molecular flexibility index (Phi) is 4.58. The Labute approximate surface area is 173 Å². The molecule has 0 unspecified atom stereocenters. The van der Waals surface area contributed by atoms with E-state index in [1.54, 1.807) is 12.1 Å². The number of rotatable bonds is 4. The summed E-state index contributed by atoms with van der Waals surface area (Å²) in [5.74, 6) is 0.833. The zero-order valence-corrected chi connectivity index (χ0v) is 16.7. The van der Waals surface area contributed by atoms with Crippen molar-refractivity contribution >= 4 is 16.8 Å². The first-order chi connectivity index (χ1) is 14.6. The van der Waals surface area contributed by atoms with Gasteiger partial charge in [-0.2, -0.15) is 0 Å². The third-order valence-corrected chi connectivity index (χ3v) is 5.77. The second-order valence-corrected chi connectivity index (χ2v) is 7.74. The molecule has 4 aromatic rings. The van der Waals surface area contributed by atoms with Crippen LogP contribution >= 0.6 is 0 Å².